The van der Waals surface area contributed by atoms with Crippen LogP contribution in [0, 0.1) is 6.92 Å². The molecule has 1 unspecified atom stereocenters. The van der Waals surface area contributed by atoms with Crippen molar-refractivity contribution in [3.8, 4) is 5.82 Å². The highest BCUT2D eigenvalue weighted by Crippen LogP contribution is 2.24. The number of pyridine rings is 1. The van der Waals surface area contributed by atoms with Gasteiger partial charge >= 0.3 is 0 Å². The molecule has 1 atom stereocenters. The molecular formula is C24H21ClN4O2S. The fourth-order valence-electron chi connectivity index (χ4n) is 3.37. The number of carbonyl (C=O) groups is 1. The molecule has 2 aromatic carbocycles. The quantitative estimate of drug-likeness (QED) is 0.330. The minimum atomic E-state index is -0.248. The Morgan fingerprint density at radius 1 is 1.16 bits per heavy atom. The first-order chi connectivity index (χ1) is 15.4. The molecule has 4 rings (SSSR count). The van der Waals surface area contributed by atoms with Crippen molar-refractivity contribution in [3.63, 3.8) is 0 Å². The third-order valence-corrected chi connectivity index (χ3v) is 6.24. The highest BCUT2D eigenvalue weighted by atomic mass is 35.5. The molecule has 6 nitrogen and oxygen atoms in total. The molecule has 0 spiro atoms. The molecule has 0 fully saturated rings. The van der Waals surface area contributed by atoms with Gasteiger partial charge in [-0.1, -0.05) is 53.7 Å². The van der Waals surface area contributed by atoms with Gasteiger partial charge in [0.2, 0.25) is 5.91 Å². The Kier molecular flexibility index (Phi) is 6.58. The van der Waals surface area contributed by atoms with Gasteiger partial charge in [0.1, 0.15) is 5.82 Å². The van der Waals surface area contributed by atoms with E-state index in [4.69, 9.17) is 11.6 Å². The minimum absolute atomic E-state index is 0.0887. The van der Waals surface area contributed by atoms with Crippen LogP contribution in [0.4, 0.5) is 0 Å². The van der Waals surface area contributed by atoms with Gasteiger partial charge in [-0.05, 0) is 55.3 Å². The van der Waals surface area contributed by atoms with Crippen molar-refractivity contribution in [2.24, 2.45) is 0 Å². The SMILES string of the molecule is Cc1ccnc(-n2c(SCC(=O)NC(C)c3ccccc3Cl)nc3ccccc3c2=O)c1. The highest BCUT2D eigenvalue weighted by Gasteiger charge is 2.17. The van der Waals surface area contributed by atoms with Gasteiger partial charge in [-0.2, -0.15) is 0 Å². The van der Waals surface area contributed by atoms with Gasteiger partial charge in [0.05, 0.1) is 22.7 Å². The Labute approximate surface area is 194 Å². The van der Waals surface area contributed by atoms with Crippen molar-refractivity contribution in [2.45, 2.75) is 25.0 Å². The van der Waals surface area contributed by atoms with Crippen molar-refractivity contribution < 1.29 is 4.79 Å². The Morgan fingerprint density at radius 2 is 1.91 bits per heavy atom. The van der Waals surface area contributed by atoms with Crippen molar-refractivity contribution in [1.82, 2.24) is 19.9 Å². The lowest BCUT2D eigenvalue weighted by atomic mass is 10.1. The predicted octanol–water partition coefficient (Wildman–Crippen LogP) is 4.71. The van der Waals surface area contributed by atoms with Gasteiger partial charge in [-0.3, -0.25) is 9.59 Å². The van der Waals surface area contributed by atoms with Crippen LogP contribution in [0.15, 0.2) is 76.8 Å². The fourth-order valence-corrected chi connectivity index (χ4v) is 4.48. The van der Waals surface area contributed by atoms with E-state index in [-0.39, 0.29) is 23.3 Å². The van der Waals surface area contributed by atoms with Crippen LogP contribution in [0.3, 0.4) is 0 Å². The summed E-state index contributed by atoms with van der Waals surface area (Å²) in [5.74, 6) is 0.375. The second-order valence-corrected chi connectivity index (χ2v) is 8.69. The number of aromatic nitrogens is 3. The standard InChI is InChI=1S/C24H21ClN4O2S/c1-15-11-12-26-21(13-15)29-23(31)18-8-4-6-10-20(18)28-24(29)32-14-22(30)27-16(2)17-7-3-5-9-19(17)25/h3-13,16H,14H2,1-2H3,(H,27,30). The van der Waals surface area contributed by atoms with E-state index < -0.39 is 0 Å². The molecule has 32 heavy (non-hydrogen) atoms. The number of fused-ring (bicyclic) bond motifs is 1. The summed E-state index contributed by atoms with van der Waals surface area (Å²) in [6, 6.07) is 18.0. The van der Waals surface area contributed by atoms with Crippen LogP contribution in [-0.2, 0) is 4.79 Å². The van der Waals surface area contributed by atoms with Crippen molar-refractivity contribution in [2.75, 3.05) is 5.75 Å². The molecule has 0 saturated carbocycles. The fraction of sp³-hybridized carbons (Fsp3) is 0.167. The molecule has 1 N–H and O–H groups in total. The summed E-state index contributed by atoms with van der Waals surface area (Å²) in [4.78, 5) is 34.9. The lowest BCUT2D eigenvalue weighted by Gasteiger charge is -2.16. The molecule has 1 amide bonds. The molecule has 0 radical (unpaired) electrons. The van der Waals surface area contributed by atoms with Crippen LogP contribution < -0.4 is 10.9 Å². The average Bonchev–Trinajstić information content (AvgIpc) is 2.78. The summed E-state index contributed by atoms with van der Waals surface area (Å²) < 4.78 is 1.46. The first-order valence-electron chi connectivity index (χ1n) is 10.1. The molecule has 0 aliphatic rings. The number of carbonyl (C=O) groups excluding carboxylic acids is 1. The zero-order chi connectivity index (χ0) is 22.7. The van der Waals surface area contributed by atoms with Crippen LogP contribution in [0.25, 0.3) is 16.7 Å². The van der Waals surface area contributed by atoms with Crippen molar-refractivity contribution in [1.29, 1.82) is 0 Å². The summed E-state index contributed by atoms with van der Waals surface area (Å²) in [6.45, 7) is 3.81. The maximum Gasteiger partial charge on any atom is 0.267 e. The third kappa shape index (κ3) is 4.69. The summed E-state index contributed by atoms with van der Waals surface area (Å²) in [7, 11) is 0. The molecule has 4 aromatic rings. The minimum Gasteiger partial charge on any atom is -0.349 e. The van der Waals surface area contributed by atoms with E-state index >= 15 is 0 Å². The number of thioether (sulfide) groups is 1. The Morgan fingerprint density at radius 3 is 2.69 bits per heavy atom. The number of benzene rings is 2. The number of halogens is 1. The molecule has 2 aromatic heterocycles. The van der Waals surface area contributed by atoms with Crippen LogP contribution >= 0.6 is 23.4 Å². The summed E-state index contributed by atoms with van der Waals surface area (Å²) >= 11 is 7.43. The normalized spacial score (nSPS) is 12.0. The summed E-state index contributed by atoms with van der Waals surface area (Å²) in [5, 5.41) is 4.46. The van der Waals surface area contributed by atoms with Crippen LogP contribution in [-0.4, -0.2) is 26.2 Å². The van der Waals surface area contributed by atoms with Crippen LogP contribution in [0.1, 0.15) is 24.1 Å². The number of nitrogens with one attached hydrogen (secondary N) is 1. The molecule has 8 heteroatoms. The second kappa shape index (κ2) is 9.54. The monoisotopic (exact) mass is 464 g/mol. The van der Waals surface area contributed by atoms with E-state index in [9.17, 15) is 9.59 Å². The second-order valence-electron chi connectivity index (χ2n) is 7.34. The van der Waals surface area contributed by atoms with E-state index in [0.29, 0.717) is 26.9 Å². The Hall–Kier alpha value is -3.16. The topological polar surface area (TPSA) is 76.9 Å². The summed E-state index contributed by atoms with van der Waals surface area (Å²) in [5.41, 5.74) is 2.17. The van der Waals surface area contributed by atoms with Crippen LogP contribution in [0.5, 0.6) is 0 Å². The zero-order valence-electron chi connectivity index (χ0n) is 17.6. The van der Waals surface area contributed by atoms with Gasteiger partial charge in [0, 0.05) is 11.2 Å². The predicted molar refractivity (Wildman–Crippen MR) is 129 cm³/mol. The number of rotatable bonds is 6. The van der Waals surface area contributed by atoms with E-state index in [1.54, 1.807) is 30.5 Å². The number of para-hydroxylation sites is 1. The first-order valence-corrected chi connectivity index (χ1v) is 11.4. The van der Waals surface area contributed by atoms with Gasteiger partial charge in [0.15, 0.2) is 5.16 Å². The lowest BCUT2D eigenvalue weighted by molar-refractivity contribution is -0.119. The van der Waals surface area contributed by atoms with Gasteiger partial charge in [-0.25, -0.2) is 14.5 Å². The molecule has 0 aliphatic carbocycles. The van der Waals surface area contributed by atoms with Gasteiger partial charge in [-0.15, -0.1) is 0 Å². The van der Waals surface area contributed by atoms with E-state index in [1.165, 1.54) is 16.3 Å². The third-order valence-electron chi connectivity index (χ3n) is 4.96. The molecule has 162 valence electrons. The molecule has 0 aliphatic heterocycles. The zero-order valence-corrected chi connectivity index (χ0v) is 19.2. The Bertz CT molecular complexity index is 1360. The highest BCUT2D eigenvalue weighted by molar-refractivity contribution is 7.99. The lowest BCUT2D eigenvalue weighted by Crippen LogP contribution is -2.29. The summed E-state index contributed by atoms with van der Waals surface area (Å²) in [6.07, 6.45) is 1.65. The first kappa shape index (κ1) is 22.0. The number of amides is 1. The maximum absolute atomic E-state index is 13.3. The Balaban J connectivity index is 1.62. The van der Waals surface area contributed by atoms with E-state index in [1.807, 2.05) is 50.2 Å². The number of aryl methyl sites for hydroxylation is 1. The number of hydrogen-bond acceptors (Lipinski definition) is 5. The van der Waals surface area contributed by atoms with Crippen LogP contribution in [0.2, 0.25) is 5.02 Å². The smallest absolute Gasteiger partial charge is 0.267 e. The van der Waals surface area contributed by atoms with Gasteiger partial charge < -0.3 is 5.32 Å². The maximum atomic E-state index is 13.3. The van der Waals surface area contributed by atoms with E-state index in [0.717, 1.165) is 11.1 Å². The average molecular weight is 465 g/mol. The molecular weight excluding hydrogens is 444 g/mol. The van der Waals surface area contributed by atoms with E-state index in [2.05, 4.69) is 15.3 Å². The molecule has 0 bridgehead atoms. The number of nitrogens with zero attached hydrogens (tertiary/aromatic N) is 3. The molecule has 2 heterocycles. The largest absolute Gasteiger partial charge is 0.349 e. The van der Waals surface area contributed by atoms with Crippen molar-refractivity contribution >= 4 is 40.2 Å². The number of hydrogen-bond donors (Lipinski definition) is 1. The molecule has 0 saturated heterocycles. The van der Waals surface area contributed by atoms with Gasteiger partial charge in [0.25, 0.3) is 5.56 Å². The van der Waals surface area contributed by atoms with Crippen molar-refractivity contribution in [3.05, 3.63) is 93.4 Å².